The molecule has 13 nitrogen and oxygen atoms in total. The van der Waals surface area contributed by atoms with E-state index < -0.39 is 0 Å². The number of hydrogen-bond donors (Lipinski definition) is 2. The number of rotatable bonds is 9. The lowest BCUT2D eigenvalue weighted by Crippen LogP contribution is -2.57. The Kier molecular flexibility index (Phi) is 8.61. The van der Waals surface area contributed by atoms with Crippen LogP contribution in [0.1, 0.15) is 31.7 Å². The van der Waals surface area contributed by atoms with E-state index in [9.17, 15) is 14.0 Å². The van der Waals surface area contributed by atoms with Crippen LogP contribution in [0.2, 0.25) is 0 Å². The Hall–Kier alpha value is -4.59. The van der Waals surface area contributed by atoms with Gasteiger partial charge in [-0.3, -0.25) is 4.48 Å². The fourth-order valence-corrected chi connectivity index (χ4v) is 5.63. The third kappa shape index (κ3) is 6.65. The molecule has 0 spiro atoms. The highest BCUT2D eigenvalue weighted by molar-refractivity contribution is 5.91. The Balaban J connectivity index is 1.16. The van der Waals surface area contributed by atoms with Gasteiger partial charge in [-0.05, 0) is 69.1 Å². The summed E-state index contributed by atoms with van der Waals surface area (Å²) in [5.41, 5.74) is 3.03. The number of piperidine rings is 1. The lowest BCUT2D eigenvalue weighted by molar-refractivity contribution is -0.860. The summed E-state index contributed by atoms with van der Waals surface area (Å²) < 4.78 is 16.7. The Morgan fingerprint density at radius 2 is 1.55 bits per heavy atom. The van der Waals surface area contributed by atoms with E-state index in [1.807, 2.05) is 18.2 Å². The molecule has 0 radical (unpaired) electrons. The Morgan fingerprint density at radius 3 is 2.07 bits per heavy atom. The minimum Gasteiger partial charge on any atom is -0.338 e. The first-order chi connectivity index (χ1) is 20.2. The average Bonchev–Trinajstić information content (AvgIpc) is 3.60. The zero-order valence-electron chi connectivity index (χ0n) is 24.0. The van der Waals surface area contributed by atoms with Crippen molar-refractivity contribution >= 4 is 17.6 Å². The van der Waals surface area contributed by atoms with E-state index >= 15 is 0 Å². The number of carbonyl (C=O) groups is 2. The predicted molar refractivity (Wildman–Crippen MR) is 152 cm³/mol. The summed E-state index contributed by atoms with van der Waals surface area (Å²) in [4.78, 5) is 25.5. The van der Waals surface area contributed by atoms with Gasteiger partial charge in [0.1, 0.15) is 5.82 Å². The van der Waals surface area contributed by atoms with Gasteiger partial charge in [0, 0.05) is 56.7 Å². The van der Waals surface area contributed by atoms with E-state index in [1.165, 1.54) is 21.5 Å². The van der Waals surface area contributed by atoms with Gasteiger partial charge in [-0.1, -0.05) is 12.1 Å². The molecular weight excluding hydrogens is 541 g/mol. The van der Waals surface area contributed by atoms with E-state index in [4.69, 9.17) is 0 Å². The van der Waals surface area contributed by atoms with Crippen LogP contribution in [0.5, 0.6) is 0 Å². The molecule has 2 aromatic heterocycles. The van der Waals surface area contributed by atoms with Gasteiger partial charge >= 0.3 is 11.9 Å². The fourth-order valence-electron chi connectivity index (χ4n) is 5.63. The Labute approximate surface area is 242 Å². The number of aromatic nitrogens is 8. The van der Waals surface area contributed by atoms with Crippen LogP contribution < -0.4 is 10.6 Å². The van der Waals surface area contributed by atoms with Crippen LogP contribution in [-0.4, -0.2) is 83.0 Å². The van der Waals surface area contributed by atoms with Gasteiger partial charge in [0.2, 0.25) is 0 Å². The van der Waals surface area contributed by atoms with E-state index in [0.717, 1.165) is 37.9 Å². The molecule has 2 aromatic carbocycles. The quantitative estimate of drug-likeness (QED) is 0.229. The number of nitrogens with zero attached hydrogens (tertiary/aromatic N) is 9. The molecule has 1 saturated heterocycles. The molecule has 14 heteroatoms. The van der Waals surface area contributed by atoms with Crippen molar-refractivity contribution in [3.05, 3.63) is 53.8 Å². The molecule has 0 saturated carbocycles. The number of aryl methyl sites for hydroxylation is 2. The maximum atomic E-state index is 13.2. The van der Waals surface area contributed by atoms with Crippen molar-refractivity contribution in [2.75, 3.05) is 31.5 Å². The summed E-state index contributed by atoms with van der Waals surface area (Å²) in [5, 5.41) is 29.2. The van der Waals surface area contributed by atoms with Gasteiger partial charge < -0.3 is 10.6 Å². The fraction of sp³-hybridized carbons (Fsp3) is 0.429. The van der Waals surface area contributed by atoms with Gasteiger partial charge in [-0.15, -0.1) is 10.2 Å². The molecule has 0 unspecified atom stereocenters. The molecule has 5 rings (SSSR count). The molecule has 1 aliphatic rings. The highest BCUT2D eigenvalue weighted by atomic mass is 19.1. The number of amides is 3. The monoisotopic (exact) mass is 576 g/mol. The lowest BCUT2D eigenvalue weighted by Gasteiger charge is -2.41. The van der Waals surface area contributed by atoms with Crippen LogP contribution in [0.25, 0.3) is 22.8 Å². The second kappa shape index (κ2) is 12.5. The van der Waals surface area contributed by atoms with Crippen molar-refractivity contribution in [1.29, 1.82) is 0 Å². The number of carbonyl (C=O) groups excluding carboxylic acids is 2. The lowest BCUT2D eigenvalue weighted by atomic mass is 9.88. The molecule has 2 N–H and O–H groups in total. The SMILES string of the molecule is CC(=O)[N+]1(CCCNC(=O)Nc2cc(-c3nnnn3C)cc(-c3nnnn3C)c2)CCC(Cc2ccc(F)cc2)CC1. The molecule has 0 atom stereocenters. The van der Waals surface area contributed by atoms with Crippen molar-refractivity contribution in [2.45, 2.75) is 32.6 Å². The van der Waals surface area contributed by atoms with E-state index in [0.29, 0.717) is 58.4 Å². The highest BCUT2D eigenvalue weighted by Gasteiger charge is 2.37. The molecule has 1 fully saturated rings. The Morgan fingerprint density at radius 1 is 0.952 bits per heavy atom. The average molecular weight is 577 g/mol. The van der Waals surface area contributed by atoms with E-state index in [-0.39, 0.29) is 17.8 Å². The summed E-state index contributed by atoms with van der Waals surface area (Å²) in [5.74, 6) is 1.44. The van der Waals surface area contributed by atoms with Crippen molar-refractivity contribution in [3.63, 3.8) is 0 Å². The third-order valence-corrected chi connectivity index (χ3v) is 8.03. The first kappa shape index (κ1) is 28.9. The zero-order chi connectivity index (χ0) is 29.7. The molecule has 3 heterocycles. The Bertz CT molecular complexity index is 1480. The van der Waals surface area contributed by atoms with Crippen LogP contribution in [-0.2, 0) is 25.3 Å². The van der Waals surface area contributed by atoms with Crippen molar-refractivity contribution in [3.8, 4) is 22.8 Å². The minimum absolute atomic E-state index is 0.153. The number of quaternary nitrogens is 1. The second-order valence-electron chi connectivity index (χ2n) is 10.9. The van der Waals surface area contributed by atoms with Gasteiger partial charge in [0.05, 0.1) is 26.6 Å². The van der Waals surface area contributed by atoms with Crippen molar-refractivity contribution in [1.82, 2.24) is 45.7 Å². The summed E-state index contributed by atoms with van der Waals surface area (Å²) in [6, 6.07) is 11.7. The van der Waals surface area contributed by atoms with Crippen LogP contribution >= 0.6 is 0 Å². The number of benzene rings is 2. The summed E-state index contributed by atoms with van der Waals surface area (Å²) >= 11 is 0. The number of urea groups is 1. The molecule has 4 aromatic rings. The molecule has 3 amide bonds. The van der Waals surface area contributed by atoms with Crippen LogP contribution in [0.15, 0.2) is 42.5 Å². The number of nitrogens with one attached hydrogen (secondary N) is 2. The molecule has 0 aliphatic carbocycles. The third-order valence-electron chi connectivity index (χ3n) is 8.03. The standard InChI is InChI=1S/C28H34FN11O2/c1-19(41)40(13-9-21(10-14-40)15-20-5-7-24(29)8-6-20)12-4-11-30-28(42)31-25-17-22(26-32-34-36-38(26)2)16-23(18-25)27-33-35-37-39(27)3/h5-8,16-18,21H,4,9-15H2,1-3H3,(H-,30,31,42)/p+1. The van der Waals surface area contributed by atoms with Crippen LogP contribution in [0.4, 0.5) is 14.9 Å². The summed E-state index contributed by atoms with van der Waals surface area (Å²) in [6.07, 6.45) is 3.43. The minimum atomic E-state index is -0.363. The highest BCUT2D eigenvalue weighted by Crippen LogP contribution is 2.29. The van der Waals surface area contributed by atoms with Crippen molar-refractivity contribution < 1.29 is 18.5 Å². The molecule has 42 heavy (non-hydrogen) atoms. The number of tetrazole rings is 2. The largest absolute Gasteiger partial charge is 0.338 e. The van der Waals surface area contributed by atoms with E-state index in [1.54, 1.807) is 33.2 Å². The van der Waals surface area contributed by atoms with E-state index in [2.05, 4.69) is 41.7 Å². The predicted octanol–water partition coefficient (Wildman–Crippen LogP) is 2.73. The smallest absolute Gasteiger partial charge is 0.319 e. The second-order valence-corrected chi connectivity index (χ2v) is 10.9. The maximum Gasteiger partial charge on any atom is 0.319 e. The number of hydrogen-bond acceptors (Lipinski definition) is 8. The zero-order valence-corrected chi connectivity index (χ0v) is 24.0. The van der Waals surface area contributed by atoms with Gasteiger partial charge in [-0.2, -0.15) is 0 Å². The van der Waals surface area contributed by atoms with Crippen LogP contribution in [0, 0.1) is 11.7 Å². The number of halogens is 1. The topological polar surface area (TPSA) is 145 Å². The number of likely N-dealkylation sites (tertiary alicyclic amines) is 1. The molecule has 1 aliphatic heterocycles. The van der Waals surface area contributed by atoms with Crippen molar-refractivity contribution in [2.24, 2.45) is 20.0 Å². The normalized spacial score (nSPS) is 18.5. The first-order valence-corrected chi connectivity index (χ1v) is 14.0. The maximum absolute atomic E-state index is 13.2. The summed E-state index contributed by atoms with van der Waals surface area (Å²) in [7, 11) is 3.46. The van der Waals surface area contributed by atoms with Gasteiger partial charge in [0.25, 0.3) is 0 Å². The summed E-state index contributed by atoms with van der Waals surface area (Å²) in [6.45, 7) is 4.29. The molecular formula is C28H35FN11O2+. The number of anilines is 1. The first-order valence-electron chi connectivity index (χ1n) is 14.0. The van der Waals surface area contributed by atoms with Crippen LogP contribution in [0.3, 0.4) is 0 Å². The van der Waals surface area contributed by atoms with Gasteiger partial charge in [0.15, 0.2) is 11.6 Å². The van der Waals surface area contributed by atoms with Gasteiger partial charge in [-0.25, -0.2) is 23.3 Å². The molecule has 220 valence electrons. The molecule has 0 bridgehead atoms.